The average Bonchev–Trinajstić information content (AvgIpc) is 3.12. The maximum atomic E-state index is 12.3. The Hall–Kier alpha value is -3.63. The molecular formula is C22H21N5O2. The fraction of sp³-hybridized carbons (Fsp3) is 0.227. The van der Waals surface area contributed by atoms with Gasteiger partial charge in [-0.1, -0.05) is 18.2 Å². The second-order valence-corrected chi connectivity index (χ2v) is 7.15. The zero-order valence-corrected chi connectivity index (χ0v) is 16.1. The Labute approximate surface area is 169 Å². The van der Waals surface area contributed by atoms with Gasteiger partial charge in [0.1, 0.15) is 17.6 Å². The van der Waals surface area contributed by atoms with Gasteiger partial charge in [0.05, 0.1) is 24.1 Å². The summed E-state index contributed by atoms with van der Waals surface area (Å²) in [6.07, 6.45) is 3.58. The van der Waals surface area contributed by atoms with Crippen molar-refractivity contribution >= 4 is 5.91 Å². The van der Waals surface area contributed by atoms with Crippen molar-refractivity contribution in [3.63, 3.8) is 0 Å². The van der Waals surface area contributed by atoms with Crippen molar-refractivity contribution in [2.45, 2.75) is 19.6 Å². The minimum Gasteiger partial charge on any atom is -0.456 e. The van der Waals surface area contributed by atoms with E-state index < -0.39 is 0 Å². The summed E-state index contributed by atoms with van der Waals surface area (Å²) in [4.78, 5) is 18.5. The van der Waals surface area contributed by atoms with Crippen LogP contribution in [-0.4, -0.2) is 34.0 Å². The van der Waals surface area contributed by atoms with E-state index in [2.05, 4.69) is 16.4 Å². The zero-order chi connectivity index (χ0) is 20.2. The number of nitriles is 1. The molecular weight excluding hydrogens is 366 g/mol. The van der Waals surface area contributed by atoms with Gasteiger partial charge in [-0.2, -0.15) is 5.26 Å². The topological polar surface area (TPSA) is 83.2 Å². The molecule has 4 bridgehead atoms. The highest BCUT2D eigenvalue weighted by Crippen LogP contribution is 2.27. The maximum Gasteiger partial charge on any atom is 0.234 e. The quantitative estimate of drug-likeness (QED) is 0.641. The number of amides is 1. The summed E-state index contributed by atoms with van der Waals surface area (Å²) in [5.74, 6) is 1.09. The lowest BCUT2D eigenvalue weighted by atomic mass is 10.1. The van der Waals surface area contributed by atoms with Crippen molar-refractivity contribution in [3.8, 4) is 17.6 Å². The fourth-order valence-electron chi connectivity index (χ4n) is 3.34. The molecule has 0 fully saturated rings. The highest BCUT2D eigenvalue weighted by atomic mass is 16.5. The van der Waals surface area contributed by atoms with Gasteiger partial charge in [-0.3, -0.25) is 9.69 Å². The van der Waals surface area contributed by atoms with Crippen LogP contribution < -0.4 is 10.1 Å². The van der Waals surface area contributed by atoms with Crippen molar-refractivity contribution in [2.24, 2.45) is 0 Å². The van der Waals surface area contributed by atoms with Crippen LogP contribution in [0, 0.1) is 11.3 Å². The molecule has 1 aliphatic heterocycles. The second-order valence-electron chi connectivity index (χ2n) is 7.15. The van der Waals surface area contributed by atoms with E-state index in [1.807, 2.05) is 59.1 Å². The van der Waals surface area contributed by atoms with Gasteiger partial charge in [0.15, 0.2) is 0 Å². The highest BCUT2D eigenvalue weighted by molar-refractivity contribution is 5.78. The van der Waals surface area contributed by atoms with Gasteiger partial charge < -0.3 is 14.6 Å². The molecule has 7 heteroatoms. The summed E-state index contributed by atoms with van der Waals surface area (Å²) in [5.41, 5.74) is 3.41. The van der Waals surface area contributed by atoms with Crippen LogP contribution in [-0.2, 0) is 24.4 Å². The number of carbonyl (C=O) groups is 1. The lowest BCUT2D eigenvalue weighted by Crippen LogP contribution is -2.34. The van der Waals surface area contributed by atoms with E-state index in [0.717, 1.165) is 16.8 Å². The zero-order valence-electron chi connectivity index (χ0n) is 16.1. The monoisotopic (exact) mass is 387 g/mol. The van der Waals surface area contributed by atoms with Gasteiger partial charge >= 0.3 is 0 Å². The number of likely N-dealkylation sites (N-methyl/N-ethyl adjacent to an activating group) is 1. The smallest absolute Gasteiger partial charge is 0.234 e. The summed E-state index contributed by atoms with van der Waals surface area (Å²) in [5, 5.41) is 12.4. The van der Waals surface area contributed by atoms with Crippen molar-refractivity contribution < 1.29 is 9.53 Å². The number of hydrogen-bond donors (Lipinski definition) is 1. The molecule has 146 valence electrons. The Morgan fingerprint density at radius 1 is 1.14 bits per heavy atom. The lowest BCUT2D eigenvalue weighted by Gasteiger charge is -2.18. The number of rotatable bonds is 0. The molecule has 1 aliphatic rings. The van der Waals surface area contributed by atoms with Crippen molar-refractivity contribution in [2.75, 3.05) is 13.6 Å². The Morgan fingerprint density at radius 3 is 2.90 bits per heavy atom. The van der Waals surface area contributed by atoms with Gasteiger partial charge in [-0.25, -0.2) is 4.98 Å². The molecule has 0 aliphatic carbocycles. The molecule has 0 unspecified atom stereocenters. The van der Waals surface area contributed by atoms with Gasteiger partial charge in [0.2, 0.25) is 5.91 Å². The molecule has 0 saturated carbocycles. The van der Waals surface area contributed by atoms with Gasteiger partial charge in [-0.15, -0.1) is 0 Å². The molecule has 0 radical (unpaired) electrons. The number of ether oxygens (including phenoxy) is 1. The summed E-state index contributed by atoms with van der Waals surface area (Å²) in [6, 6.07) is 15.3. The predicted octanol–water partition coefficient (Wildman–Crippen LogP) is 2.66. The molecule has 3 aromatic rings. The van der Waals surface area contributed by atoms with Crippen molar-refractivity contribution in [1.82, 2.24) is 19.8 Å². The van der Waals surface area contributed by atoms with Crippen LogP contribution in [0.4, 0.5) is 0 Å². The Bertz CT molecular complexity index is 1080. The maximum absolute atomic E-state index is 12.3. The first-order chi connectivity index (χ1) is 14.1. The van der Waals surface area contributed by atoms with Gasteiger partial charge in [0, 0.05) is 25.8 Å². The minimum absolute atomic E-state index is 0.0473. The average molecular weight is 387 g/mol. The van der Waals surface area contributed by atoms with Crippen LogP contribution in [0.25, 0.3) is 0 Å². The number of carbonyl (C=O) groups excluding carboxylic acids is 1. The van der Waals surface area contributed by atoms with Crippen LogP contribution in [0.5, 0.6) is 11.5 Å². The number of nitrogens with one attached hydrogen (secondary N) is 1. The molecule has 1 amide bonds. The van der Waals surface area contributed by atoms with Crippen molar-refractivity contribution in [1.29, 1.82) is 5.26 Å². The number of fused-ring (bicyclic) bond motifs is 5. The van der Waals surface area contributed by atoms with Crippen LogP contribution in [0.15, 0.2) is 55.0 Å². The Kier molecular flexibility index (Phi) is 5.27. The number of hydrogen-bond acceptors (Lipinski definition) is 5. The number of nitrogens with zero attached hydrogens (tertiary/aromatic N) is 4. The summed E-state index contributed by atoms with van der Waals surface area (Å²) >= 11 is 0. The van der Waals surface area contributed by atoms with Crippen LogP contribution in [0.2, 0.25) is 0 Å². The highest BCUT2D eigenvalue weighted by Gasteiger charge is 2.13. The summed E-state index contributed by atoms with van der Waals surface area (Å²) in [6.45, 7) is 1.90. The van der Waals surface area contributed by atoms with E-state index in [4.69, 9.17) is 4.74 Å². The Balaban J connectivity index is 1.73. The van der Waals surface area contributed by atoms with Crippen LogP contribution >= 0.6 is 0 Å². The van der Waals surface area contributed by atoms with Crippen LogP contribution in [0.3, 0.4) is 0 Å². The molecule has 0 spiro atoms. The normalized spacial score (nSPS) is 15.0. The molecule has 2 aromatic carbocycles. The molecule has 0 saturated heterocycles. The number of benzene rings is 2. The second kappa shape index (κ2) is 8.17. The number of aromatic nitrogens is 2. The van der Waals surface area contributed by atoms with E-state index in [-0.39, 0.29) is 5.91 Å². The summed E-state index contributed by atoms with van der Waals surface area (Å²) in [7, 11) is 1.91. The molecule has 0 atom stereocenters. The van der Waals surface area contributed by atoms with E-state index in [1.165, 1.54) is 0 Å². The van der Waals surface area contributed by atoms with Gasteiger partial charge in [0.25, 0.3) is 0 Å². The van der Waals surface area contributed by atoms with E-state index in [0.29, 0.717) is 43.2 Å². The molecule has 1 N–H and O–H groups in total. The first kappa shape index (κ1) is 18.7. The predicted molar refractivity (Wildman–Crippen MR) is 107 cm³/mol. The molecule has 2 heterocycles. The third kappa shape index (κ3) is 4.45. The molecule has 1 aromatic heterocycles. The standard InChI is InChI=1S/C22H21N5O2/c1-26-13-19-11-24-15-27(19)12-17-5-6-18(9-23)21(8-17)29-20-4-2-3-16(7-20)10-25-22(28)14-26/h2-8,11,15H,10,12-14H2,1H3,(H,25,28). The first-order valence-corrected chi connectivity index (χ1v) is 9.35. The molecule has 4 rings (SSSR count). The third-order valence-electron chi connectivity index (χ3n) is 4.78. The largest absolute Gasteiger partial charge is 0.456 e. The SMILES string of the molecule is CN1CC(=O)NCc2cccc(c2)Oc2cc(ccc2C#N)Cn2cncc2C1. The van der Waals surface area contributed by atoms with Crippen molar-refractivity contribution in [3.05, 3.63) is 77.4 Å². The lowest BCUT2D eigenvalue weighted by molar-refractivity contribution is -0.122. The van der Waals surface area contributed by atoms with Gasteiger partial charge in [-0.05, 0) is 42.4 Å². The van der Waals surface area contributed by atoms with E-state index in [9.17, 15) is 10.1 Å². The van der Waals surface area contributed by atoms with E-state index in [1.54, 1.807) is 12.4 Å². The first-order valence-electron chi connectivity index (χ1n) is 9.35. The third-order valence-corrected chi connectivity index (χ3v) is 4.78. The van der Waals surface area contributed by atoms with E-state index >= 15 is 0 Å². The minimum atomic E-state index is -0.0473. The fourth-order valence-corrected chi connectivity index (χ4v) is 3.34. The molecule has 29 heavy (non-hydrogen) atoms. The van der Waals surface area contributed by atoms with Crippen LogP contribution in [0.1, 0.15) is 22.4 Å². The molecule has 7 nitrogen and oxygen atoms in total. The Morgan fingerprint density at radius 2 is 2.03 bits per heavy atom. The summed E-state index contributed by atoms with van der Waals surface area (Å²) < 4.78 is 8.06. The number of imidazole rings is 1.